The molecule has 0 radical (unpaired) electrons. The third kappa shape index (κ3) is 4.20. The van der Waals surface area contributed by atoms with E-state index in [0.29, 0.717) is 0 Å². The number of rotatable bonds is 2. The second kappa shape index (κ2) is 11.3. The summed E-state index contributed by atoms with van der Waals surface area (Å²) in [4.78, 5) is 68.9. The summed E-state index contributed by atoms with van der Waals surface area (Å²) in [6, 6.07) is 4.53. The van der Waals surface area contributed by atoms with Crippen molar-refractivity contribution in [3.8, 4) is 19.5 Å². The molecule has 6 saturated carbocycles. The fourth-order valence-electron chi connectivity index (χ4n) is 12.1. The molecule has 3 heterocycles. The third-order valence-corrected chi connectivity index (χ3v) is 18.0. The first-order valence-corrected chi connectivity index (χ1v) is 22.2. The number of carbonyl (C=O) groups excluding carboxylic acids is 4. The van der Waals surface area contributed by atoms with Crippen molar-refractivity contribution in [2.75, 3.05) is 0 Å². The molecular formula is C42H42N2O4S3. The van der Waals surface area contributed by atoms with E-state index in [0.717, 1.165) is 87.1 Å². The fraction of sp³-hybridized carbons (Fsp3) is 0.571. The number of hydrogen-bond donors (Lipinski definition) is 0. The summed E-state index contributed by atoms with van der Waals surface area (Å²) in [6.45, 7) is 0. The van der Waals surface area contributed by atoms with Gasteiger partial charge < -0.3 is 0 Å². The molecule has 0 aromatic carbocycles. The Balaban J connectivity index is 1.05. The van der Waals surface area contributed by atoms with Gasteiger partial charge in [0.15, 0.2) is 34.6 Å². The number of fused-ring (bicyclic) bond motifs is 13. The highest BCUT2D eigenvalue weighted by molar-refractivity contribution is 7.29. The molecule has 0 aliphatic heterocycles. The summed E-state index contributed by atoms with van der Waals surface area (Å²) < 4.78 is 0. The fourth-order valence-corrected chi connectivity index (χ4v) is 16.2. The summed E-state index contributed by atoms with van der Waals surface area (Å²) in [5.41, 5.74) is 6.22. The second-order valence-electron chi connectivity index (χ2n) is 16.8. The molecule has 2 spiro atoms. The van der Waals surface area contributed by atoms with Gasteiger partial charge in [0.2, 0.25) is 0 Å². The van der Waals surface area contributed by atoms with Gasteiger partial charge in [-0.1, -0.05) is 64.2 Å². The van der Waals surface area contributed by atoms with Gasteiger partial charge in [0, 0.05) is 44.3 Å². The standard InChI is InChI=1S/C42H42N2O4S3/c45-33-21-11-3-4-12-22(21)34(46)31(33)43-27-19-25-37(49-27)39-29(41(25)15-7-1-8-16-41)30-40(51-39)38-26(42(30)17-9-2-10-18-42)20-28(50-38)44-32-35(47)23-13-5-6-14-24(23)36(32)48/h19-24H,1-18H2. The average Bonchev–Trinajstić information content (AvgIpc) is 4.01. The van der Waals surface area contributed by atoms with Gasteiger partial charge in [0.1, 0.15) is 10.0 Å². The maximum atomic E-state index is 13.4. The molecule has 9 heteroatoms. The minimum absolute atomic E-state index is 0.0231. The van der Waals surface area contributed by atoms with Crippen molar-refractivity contribution in [1.82, 2.24) is 0 Å². The summed E-state index contributed by atoms with van der Waals surface area (Å²) in [6.07, 6.45) is 19.2. The van der Waals surface area contributed by atoms with Gasteiger partial charge in [-0.3, -0.25) is 19.2 Å². The van der Waals surface area contributed by atoms with Crippen LogP contribution < -0.4 is 0 Å². The van der Waals surface area contributed by atoms with Gasteiger partial charge in [-0.05, 0) is 85.8 Å². The van der Waals surface area contributed by atoms with Crippen molar-refractivity contribution in [1.29, 1.82) is 0 Å². The quantitative estimate of drug-likeness (QED) is 0.262. The predicted molar refractivity (Wildman–Crippen MR) is 204 cm³/mol. The Hall–Kier alpha value is -2.88. The molecule has 6 fully saturated rings. The van der Waals surface area contributed by atoms with E-state index in [1.807, 2.05) is 11.3 Å². The number of hydrogen-bond acceptors (Lipinski definition) is 9. The lowest BCUT2D eigenvalue weighted by molar-refractivity contribution is -0.120. The zero-order valence-electron chi connectivity index (χ0n) is 28.9. The van der Waals surface area contributed by atoms with Gasteiger partial charge in [-0.2, -0.15) is 0 Å². The van der Waals surface area contributed by atoms with Crippen LogP contribution in [0.2, 0.25) is 0 Å². The number of ketones is 4. The van der Waals surface area contributed by atoms with E-state index < -0.39 is 0 Å². The molecule has 8 aliphatic rings. The van der Waals surface area contributed by atoms with E-state index >= 15 is 0 Å². The molecule has 0 N–H and O–H groups in total. The van der Waals surface area contributed by atoms with Crippen LogP contribution in [0.1, 0.15) is 138 Å². The highest BCUT2D eigenvalue weighted by atomic mass is 32.1. The lowest BCUT2D eigenvalue weighted by Gasteiger charge is -2.41. The zero-order chi connectivity index (χ0) is 34.2. The Labute approximate surface area is 310 Å². The van der Waals surface area contributed by atoms with Crippen molar-refractivity contribution in [2.45, 2.75) is 126 Å². The molecule has 4 atom stereocenters. The summed E-state index contributed by atoms with van der Waals surface area (Å²) in [5.74, 6) is -0.744. The molecule has 4 unspecified atom stereocenters. The van der Waals surface area contributed by atoms with Crippen LogP contribution in [0.25, 0.3) is 19.5 Å². The number of carbonyl (C=O) groups is 4. The van der Waals surface area contributed by atoms with Crippen molar-refractivity contribution >= 4 is 78.6 Å². The molecule has 6 nitrogen and oxygen atoms in total. The van der Waals surface area contributed by atoms with Gasteiger partial charge >= 0.3 is 0 Å². The molecule has 11 rings (SSSR count). The van der Waals surface area contributed by atoms with Crippen molar-refractivity contribution in [2.24, 2.45) is 33.7 Å². The highest BCUT2D eigenvalue weighted by Gasteiger charge is 2.57. The average molecular weight is 735 g/mol. The normalized spacial score (nSPS) is 29.7. The first-order valence-electron chi connectivity index (χ1n) is 19.7. The topological polar surface area (TPSA) is 93.0 Å². The number of Topliss-reactive ketones (excluding diaryl/α,β-unsaturated/α-hetero) is 4. The van der Waals surface area contributed by atoms with Gasteiger partial charge in [-0.25, -0.2) is 9.98 Å². The molecule has 0 amide bonds. The summed E-state index contributed by atoms with van der Waals surface area (Å²) >= 11 is 5.32. The van der Waals surface area contributed by atoms with Crippen LogP contribution in [0.3, 0.4) is 0 Å². The maximum Gasteiger partial charge on any atom is 0.188 e. The molecule has 0 bridgehead atoms. The number of aliphatic imine (C=N–C) groups is 2. The van der Waals surface area contributed by atoms with Crippen molar-refractivity contribution in [3.63, 3.8) is 0 Å². The molecule has 0 saturated heterocycles. The minimum Gasteiger partial charge on any atom is -0.292 e. The van der Waals surface area contributed by atoms with E-state index in [1.165, 1.54) is 69.2 Å². The Morgan fingerprint density at radius 3 is 1.16 bits per heavy atom. The Morgan fingerprint density at radius 2 is 0.804 bits per heavy atom. The van der Waals surface area contributed by atoms with E-state index in [-0.39, 0.29) is 69.1 Å². The summed E-state index contributed by atoms with van der Waals surface area (Å²) in [7, 11) is 0. The molecule has 262 valence electrons. The smallest absolute Gasteiger partial charge is 0.188 e. The van der Waals surface area contributed by atoms with Crippen molar-refractivity contribution < 1.29 is 19.2 Å². The van der Waals surface area contributed by atoms with E-state index in [9.17, 15) is 19.2 Å². The van der Waals surface area contributed by atoms with Gasteiger partial charge in [0.05, 0.1) is 9.75 Å². The number of nitrogens with zero attached hydrogens (tertiary/aromatic N) is 2. The van der Waals surface area contributed by atoms with E-state index in [2.05, 4.69) is 12.1 Å². The van der Waals surface area contributed by atoms with Crippen molar-refractivity contribution in [3.05, 3.63) is 34.4 Å². The van der Waals surface area contributed by atoms with Crippen LogP contribution in [0.5, 0.6) is 0 Å². The second-order valence-corrected chi connectivity index (χ2v) is 19.9. The molecule has 3 aromatic rings. The van der Waals surface area contributed by atoms with Crippen LogP contribution >= 0.6 is 34.0 Å². The highest BCUT2D eigenvalue weighted by Crippen LogP contribution is 2.71. The molecule has 51 heavy (non-hydrogen) atoms. The Bertz CT molecular complexity index is 1950. The number of thiophene rings is 3. The van der Waals surface area contributed by atoms with E-state index in [4.69, 9.17) is 9.98 Å². The van der Waals surface area contributed by atoms with Gasteiger partial charge in [-0.15, -0.1) is 34.0 Å². The third-order valence-electron chi connectivity index (χ3n) is 14.4. The Kier molecular flexibility index (Phi) is 7.02. The molecule has 8 aliphatic carbocycles. The SMILES string of the molecule is O=C1C(=Nc2cc3c(s2)-c2sc4c(c2C32CCCCC2)C2(CCCCC2)c2cc(N=C3C(=O)C5CCCCC5C3=O)sc2-4)C(=O)C2CCCCC12. The monoisotopic (exact) mass is 734 g/mol. The maximum absolute atomic E-state index is 13.4. The van der Waals surface area contributed by atoms with Crippen LogP contribution in [-0.2, 0) is 30.0 Å². The lowest BCUT2D eigenvalue weighted by Crippen LogP contribution is -2.34. The largest absolute Gasteiger partial charge is 0.292 e. The van der Waals surface area contributed by atoms with Crippen LogP contribution in [0.4, 0.5) is 10.0 Å². The van der Waals surface area contributed by atoms with Crippen LogP contribution in [0, 0.1) is 23.7 Å². The minimum atomic E-state index is -0.163. The Morgan fingerprint density at radius 1 is 0.451 bits per heavy atom. The summed E-state index contributed by atoms with van der Waals surface area (Å²) in [5, 5.41) is 1.63. The van der Waals surface area contributed by atoms with Crippen LogP contribution in [0.15, 0.2) is 22.1 Å². The lowest BCUT2D eigenvalue weighted by atomic mass is 9.61. The van der Waals surface area contributed by atoms with Crippen LogP contribution in [-0.4, -0.2) is 34.6 Å². The zero-order valence-corrected chi connectivity index (χ0v) is 31.4. The molecular weight excluding hydrogens is 693 g/mol. The molecule has 3 aromatic heterocycles. The van der Waals surface area contributed by atoms with Gasteiger partial charge in [0.25, 0.3) is 0 Å². The predicted octanol–water partition coefficient (Wildman–Crippen LogP) is 10.4. The first-order chi connectivity index (χ1) is 24.9. The van der Waals surface area contributed by atoms with E-state index in [1.54, 1.807) is 33.8 Å². The first kappa shape index (κ1) is 31.6.